The standard InChI is InChI=1S/C21H16ClN5O3/c22-14-8-4-13(5-9-14)20-24-21-23-16-2-1-3-17(28)18(16)19(26(21)25-20)12-6-10-15(11-7-12)27(29)30/h4-11,19H,1-3H2,(H,23,24,25). The monoisotopic (exact) mass is 421 g/mol. The van der Waals surface area contributed by atoms with Gasteiger partial charge in [0.05, 0.1) is 4.92 Å². The first kappa shape index (κ1) is 18.5. The maximum atomic E-state index is 12.8. The van der Waals surface area contributed by atoms with Gasteiger partial charge in [0.1, 0.15) is 6.04 Å². The highest BCUT2D eigenvalue weighted by molar-refractivity contribution is 6.30. The number of anilines is 1. The minimum atomic E-state index is -0.488. The van der Waals surface area contributed by atoms with Crippen molar-refractivity contribution < 1.29 is 9.72 Å². The molecule has 2 heterocycles. The number of fused-ring (bicyclic) bond motifs is 1. The van der Waals surface area contributed by atoms with E-state index in [9.17, 15) is 14.9 Å². The second-order valence-electron chi connectivity index (χ2n) is 7.26. The van der Waals surface area contributed by atoms with Crippen LogP contribution in [0.15, 0.2) is 59.8 Å². The summed E-state index contributed by atoms with van der Waals surface area (Å²) in [4.78, 5) is 28.1. The predicted molar refractivity (Wildman–Crippen MR) is 111 cm³/mol. The lowest BCUT2D eigenvalue weighted by Crippen LogP contribution is -2.31. The van der Waals surface area contributed by atoms with Crippen LogP contribution >= 0.6 is 11.6 Å². The lowest BCUT2D eigenvalue weighted by molar-refractivity contribution is -0.384. The number of ketones is 1. The van der Waals surface area contributed by atoms with Gasteiger partial charge in [-0.2, -0.15) is 4.98 Å². The van der Waals surface area contributed by atoms with Crippen LogP contribution in [0, 0.1) is 10.1 Å². The van der Waals surface area contributed by atoms with Crippen LogP contribution in [0.3, 0.4) is 0 Å². The van der Waals surface area contributed by atoms with E-state index in [0.29, 0.717) is 28.8 Å². The third-order valence-corrected chi connectivity index (χ3v) is 5.64. The Bertz CT molecular complexity index is 1200. The van der Waals surface area contributed by atoms with Gasteiger partial charge in [0.2, 0.25) is 5.95 Å². The SMILES string of the molecule is O=C1CCCC2=C1C(c1ccc([N+](=O)[O-])cc1)n1nc(-c3ccc(Cl)cc3)nc1N2. The zero-order chi connectivity index (χ0) is 20.8. The van der Waals surface area contributed by atoms with Gasteiger partial charge in [-0.15, -0.1) is 5.10 Å². The molecule has 1 aliphatic carbocycles. The predicted octanol–water partition coefficient (Wildman–Crippen LogP) is 4.53. The van der Waals surface area contributed by atoms with E-state index in [1.54, 1.807) is 28.9 Å². The second-order valence-corrected chi connectivity index (χ2v) is 7.69. The van der Waals surface area contributed by atoms with Crippen LogP contribution in [-0.2, 0) is 4.79 Å². The number of nitro benzene ring substituents is 1. The molecule has 1 N–H and O–H groups in total. The van der Waals surface area contributed by atoms with Gasteiger partial charge < -0.3 is 5.32 Å². The molecule has 0 amide bonds. The maximum absolute atomic E-state index is 12.8. The molecule has 1 atom stereocenters. The molecular weight excluding hydrogens is 406 g/mol. The topological polar surface area (TPSA) is 103 Å². The molecule has 0 saturated heterocycles. The summed E-state index contributed by atoms with van der Waals surface area (Å²) in [6.07, 6.45) is 1.99. The summed E-state index contributed by atoms with van der Waals surface area (Å²) < 4.78 is 1.69. The fourth-order valence-corrected chi connectivity index (χ4v) is 4.09. The van der Waals surface area contributed by atoms with E-state index in [-0.39, 0.29) is 11.5 Å². The van der Waals surface area contributed by atoms with E-state index >= 15 is 0 Å². The number of allylic oxidation sites excluding steroid dienone is 2. The molecule has 0 radical (unpaired) electrons. The van der Waals surface area contributed by atoms with Crippen LogP contribution in [0.5, 0.6) is 0 Å². The molecule has 5 rings (SSSR count). The van der Waals surface area contributed by atoms with Crippen LogP contribution in [-0.4, -0.2) is 25.5 Å². The number of hydrogen-bond donors (Lipinski definition) is 1. The maximum Gasteiger partial charge on any atom is 0.269 e. The highest BCUT2D eigenvalue weighted by Gasteiger charge is 2.37. The number of carbonyl (C=O) groups is 1. The van der Waals surface area contributed by atoms with E-state index in [1.807, 2.05) is 12.1 Å². The molecule has 9 heteroatoms. The number of nitro groups is 1. The Balaban J connectivity index is 1.64. The van der Waals surface area contributed by atoms with Gasteiger partial charge >= 0.3 is 0 Å². The zero-order valence-corrected chi connectivity index (χ0v) is 16.5. The molecule has 3 aromatic rings. The normalized spacial score (nSPS) is 17.9. The Morgan fingerprint density at radius 3 is 2.53 bits per heavy atom. The fourth-order valence-electron chi connectivity index (χ4n) is 3.96. The van der Waals surface area contributed by atoms with Gasteiger partial charge in [-0.3, -0.25) is 14.9 Å². The molecule has 1 unspecified atom stereocenters. The molecule has 0 spiro atoms. The van der Waals surface area contributed by atoms with Crippen LogP contribution in [0.25, 0.3) is 11.4 Å². The Morgan fingerprint density at radius 1 is 1.10 bits per heavy atom. The number of hydrogen-bond acceptors (Lipinski definition) is 6. The lowest BCUT2D eigenvalue weighted by Gasteiger charge is -2.32. The molecule has 2 aromatic carbocycles. The van der Waals surface area contributed by atoms with Gasteiger partial charge in [0.15, 0.2) is 11.6 Å². The van der Waals surface area contributed by atoms with E-state index in [4.69, 9.17) is 11.6 Å². The number of non-ortho nitro benzene ring substituents is 1. The molecule has 2 aliphatic rings. The summed E-state index contributed by atoms with van der Waals surface area (Å²) >= 11 is 5.99. The zero-order valence-electron chi connectivity index (χ0n) is 15.7. The van der Waals surface area contributed by atoms with E-state index in [2.05, 4.69) is 15.4 Å². The summed E-state index contributed by atoms with van der Waals surface area (Å²) in [5, 5.41) is 19.6. The van der Waals surface area contributed by atoms with Crippen LogP contribution in [0.4, 0.5) is 11.6 Å². The molecule has 1 aromatic heterocycles. The van der Waals surface area contributed by atoms with Crippen molar-refractivity contribution in [1.82, 2.24) is 14.8 Å². The minimum absolute atomic E-state index is 0.00229. The number of aromatic nitrogens is 3. The highest BCUT2D eigenvalue weighted by Crippen LogP contribution is 2.40. The molecule has 0 saturated carbocycles. The second kappa shape index (κ2) is 7.07. The van der Waals surface area contributed by atoms with Crippen LogP contribution in [0.2, 0.25) is 5.02 Å². The molecule has 1 aliphatic heterocycles. The average Bonchev–Trinajstić information content (AvgIpc) is 3.16. The number of Topliss-reactive ketones (excluding diaryl/α,β-unsaturated/α-hetero) is 1. The minimum Gasteiger partial charge on any atom is -0.328 e. The van der Waals surface area contributed by atoms with Gasteiger partial charge in [0.25, 0.3) is 5.69 Å². The van der Waals surface area contributed by atoms with Gasteiger partial charge in [-0.1, -0.05) is 11.6 Å². The average molecular weight is 422 g/mol. The third kappa shape index (κ3) is 3.05. The first-order valence-electron chi connectivity index (χ1n) is 9.51. The molecule has 0 bridgehead atoms. The summed E-state index contributed by atoms with van der Waals surface area (Å²) in [6.45, 7) is 0. The van der Waals surface area contributed by atoms with Crippen molar-refractivity contribution in [1.29, 1.82) is 0 Å². The van der Waals surface area contributed by atoms with Gasteiger partial charge in [-0.05, 0) is 54.8 Å². The Kier molecular flexibility index (Phi) is 4.36. The summed E-state index contributed by atoms with van der Waals surface area (Å²) in [5.74, 6) is 1.10. The van der Waals surface area contributed by atoms with E-state index in [1.165, 1.54) is 12.1 Å². The summed E-state index contributed by atoms with van der Waals surface area (Å²) in [6, 6.07) is 13.0. The first-order valence-corrected chi connectivity index (χ1v) is 9.89. The highest BCUT2D eigenvalue weighted by atomic mass is 35.5. The number of benzene rings is 2. The van der Waals surface area contributed by atoms with Crippen LogP contribution in [0.1, 0.15) is 30.9 Å². The van der Waals surface area contributed by atoms with Crippen molar-refractivity contribution in [2.24, 2.45) is 0 Å². The number of nitrogens with zero attached hydrogens (tertiary/aromatic N) is 4. The fraction of sp³-hybridized carbons (Fsp3) is 0.190. The van der Waals surface area contributed by atoms with Gasteiger partial charge in [-0.25, -0.2) is 4.68 Å². The van der Waals surface area contributed by atoms with Crippen molar-refractivity contribution in [2.75, 3.05) is 5.32 Å². The van der Waals surface area contributed by atoms with E-state index < -0.39 is 11.0 Å². The van der Waals surface area contributed by atoms with Crippen LogP contribution < -0.4 is 5.32 Å². The Hall–Kier alpha value is -3.52. The molecule has 30 heavy (non-hydrogen) atoms. The summed E-state index contributed by atoms with van der Waals surface area (Å²) in [5.41, 5.74) is 3.04. The number of carbonyl (C=O) groups excluding carboxylic acids is 1. The Labute approximate surface area is 176 Å². The molecule has 0 fully saturated rings. The summed E-state index contributed by atoms with van der Waals surface area (Å²) in [7, 11) is 0. The van der Waals surface area contributed by atoms with Crippen molar-refractivity contribution >= 4 is 29.0 Å². The number of rotatable bonds is 3. The smallest absolute Gasteiger partial charge is 0.269 e. The number of halogens is 1. The first-order chi connectivity index (χ1) is 14.5. The third-order valence-electron chi connectivity index (χ3n) is 5.39. The van der Waals surface area contributed by atoms with Crippen molar-refractivity contribution in [2.45, 2.75) is 25.3 Å². The van der Waals surface area contributed by atoms with Crippen molar-refractivity contribution in [3.8, 4) is 11.4 Å². The quantitative estimate of drug-likeness (QED) is 0.492. The lowest BCUT2D eigenvalue weighted by atomic mass is 9.85. The Morgan fingerprint density at radius 2 is 1.83 bits per heavy atom. The van der Waals surface area contributed by atoms with Gasteiger partial charge in [0, 0.05) is 40.4 Å². The van der Waals surface area contributed by atoms with Crippen molar-refractivity contribution in [3.05, 3.63) is 80.5 Å². The molecule has 8 nitrogen and oxygen atoms in total. The van der Waals surface area contributed by atoms with E-state index in [0.717, 1.165) is 29.7 Å². The molecular formula is C21H16ClN5O3. The molecule has 150 valence electrons. The number of nitrogens with one attached hydrogen (secondary N) is 1. The van der Waals surface area contributed by atoms with Crippen molar-refractivity contribution in [3.63, 3.8) is 0 Å². The largest absolute Gasteiger partial charge is 0.328 e.